The van der Waals surface area contributed by atoms with E-state index in [1.54, 1.807) is 0 Å². The van der Waals surface area contributed by atoms with E-state index in [0.29, 0.717) is 13.2 Å². The Hall–Kier alpha value is -1.85. The van der Waals surface area contributed by atoms with Crippen molar-refractivity contribution in [3.8, 4) is 5.75 Å². The van der Waals surface area contributed by atoms with E-state index < -0.39 is 0 Å². The van der Waals surface area contributed by atoms with Crippen LogP contribution in [0.1, 0.15) is 18.5 Å². The molecule has 0 saturated carbocycles. The lowest BCUT2D eigenvalue weighted by Gasteiger charge is -2.19. The predicted octanol–water partition coefficient (Wildman–Crippen LogP) is 3.28. The molecule has 0 aliphatic heterocycles. The second kappa shape index (κ2) is 8.70. The van der Waals surface area contributed by atoms with Gasteiger partial charge in [-0.2, -0.15) is 0 Å². The van der Waals surface area contributed by atoms with Crippen LogP contribution in [0.2, 0.25) is 0 Å². The first-order chi connectivity index (χ1) is 11.1. The van der Waals surface area contributed by atoms with Gasteiger partial charge in [0.25, 0.3) is 0 Å². The van der Waals surface area contributed by atoms with Gasteiger partial charge in [0.15, 0.2) is 0 Å². The molecule has 0 spiro atoms. The summed E-state index contributed by atoms with van der Waals surface area (Å²) in [6.45, 7) is 2.70. The van der Waals surface area contributed by atoms with E-state index in [9.17, 15) is 4.79 Å². The molecule has 4 nitrogen and oxygen atoms in total. The van der Waals surface area contributed by atoms with E-state index in [1.165, 1.54) is 0 Å². The number of ether oxygens (including phenoxy) is 1. The maximum Gasteiger partial charge on any atom is 0.224 e. The summed E-state index contributed by atoms with van der Waals surface area (Å²) in [5, 5.41) is 2.86. The first-order valence-corrected chi connectivity index (χ1v) is 8.34. The zero-order valence-corrected chi connectivity index (χ0v) is 14.6. The fourth-order valence-electron chi connectivity index (χ4n) is 2.16. The van der Waals surface area contributed by atoms with Crippen LogP contribution >= 0.6 is 15.9 Å². The molecular weight excluding hydrogens is 356 g/mol. The minimum atomic E-state index is -0.316. The molecule has 0 aliphatic rings. The molecule has 2 aromatic carbocycles. The standard InChI is InChI=1S/C18H21BrN2O2/c1-13(17(20)14-5-3-2-4-6-14)18(22)21-11-12-23-16-9-7-15(19)8-10-16/h2-10,13,17H,11-12,20H2,1H3,(H,21,22). The van der Waals surface area contributed by atoms with Crippen LogP contribution in [0, 0.1) is 5.92 Å². The number of hydrogen-bond acceptors (Lipinski definition) is 3. The van der Waals surface area contributed by atoms with E-state index >= 15 is 0 Å². The van der Waals surface area contributed by atoms with E-state index in [1.807, 2.05) is 61.5 Å². The van der Waals surface area contributed by atoms with E-state index in [0.717, 1.165) is 15.8 Å². The van der Waals surface area contributed by atoms with Crippen LogP contribution in [-0.4, -0.2) is 19.1 Å². The Labute approximate surface area is 145 Å². The van der Waals surface area contributed by atoms with Gasteiger partial charge in [-0.15, -0.1) is 0 Å². The summed E-state index contributed by atoms with van der Waals surface area (Å²) in [4.78, 5) is 12.2. The SMILES string of the molecule is CC(C(=O)NCCOc1ccc(Br)cc1)C(N)c1ccccc1. The van der Waals surface area contributed by atoms with Gasteiger partial charge in [-0.1, -0.05) is 53.2 Å². The number of amides is 1. The molecule has 0 bridgehead atoms. The van der Waals surface area contributed by atoms with Crippen molar-refractivity contribution in [1.29, 1.82) is 0 Å². The third kappa shape index (κ3) is 5.37. The van der Waals surface area contributed by atoms with Crippen LogP contribution in [0.5, 0.6) is 5.75 Å². The Balaban J connectivity index is 1.74. The number of rotatable bonds is 7. The largest absolute Gasteiger partial charge is 0.492 e. The van der Waals surface area contributed by atoms with Crippen molar-refractivity contribution >= 4 is 21.8 Å². The smallest absolute Gasteiger partial charge is 0.224 e. The van der Waals surface area contributed by atoms with Crippen molar-refractivity contribution in [3.63, 3.8) is 0 Å². The Morgan fingerprint density at radius 2 is 1.83 bits per heavy atom. The summed E-state index contributed by atoms with van der Waals surface area (Å²) in [6.07, 6.45) is 0. The van der Waals surface area contributed by atoms with Crippen LogP contribution in [0.25, 0.3) is 0 Å². The molecular formula is C18H21BrN2O2. The zero-order valence-electron chi connectivity index (χ0n) is 13.0. The Morgan fingerprint density at radius 3 is 2.48 bits per heavy atom. The van der Waals surface area contributed by atoms with Crippen molar-refractivity contribution in [2.24, 2.45) is 11.7 Å². The van der Waals surface area contributed by atoms with Crippen molar-refractivity contribution in [1.82, 2.24) is 5.32 Å². The van der Waals surface area contributed by atoms with Gasteiger partial charge in [0, 0.05) is 10.5 Å². The van der Waals surface area contributed by atoms with Crippen LogP contribution in [0.3, 0.4) is 0 Å². The summed E-state index contributed by atoms with van der Waals surface area (Å²) in [6, 6.07) is 16.9. The van der Waals surface area contributed by atoms with E-state index in [4.69, 9.17) is 10.5 Å². The van der Waals surface area contributed by atoms with Crippen molar-refractivity contribution in [2.45, 2.75) is 13.0 Å². The first kappa shape index (κ1) is 17.5. The quantitative estimate of drug-likeness (QED) is 0.728. The molecule has 2 atom stereocenters. The molecule has 0 aliphatic carbocycles. The minimum absolute atomic E-state index is 0.0687. The molecule has 2 unspecified atom stereocenters. The lowest BCUT2D eigenvalue weighted by molar-refractivity contribution is -0.125. The minimum Gasteiger partial charge on any atom is -0.492 e. The van der Waals surface area contributed by atoms with E-state index in [2.05, 4.69) is 21.2 Å². The van der Waals surface area contributed by atoms with Gasteiger partial charge < -0.3 is 15.8 Å². The zero-order chi connectivity index (χ0) is 16.7. The fourth-order valence-corrected chi connectivity index (χ4v) is 2.43. The second-order valence-electron chi connectivity index (χ2n) is 5.32. The average molecular weight is 377 g/mol. The number of hydrogen-bond donors (Lipinski definition) is 2. The summed E-state index contributed by atoms with van der Waals surface area (Å²) in [7, 11) is 0. The van der Waals surface area contributed by atoms with Crippen LogP contribution in [0.4, 0.5) is 0 Å². The van der Waals surface area contributed by atoms with Gasteiger partial charge in [0.1, 0.15) is 12.4 Å². The van der Waals surface area contributed by atoms with Gasteiger partial charge in [0.05, 0.1) is 12.5 Å². The van der Waals surface area contributed by atoms with Gasteiger partial charge in [-0.3, -0.25) is 4.79 Å². The Kier molecular flexibility index (Phi) is 6.62. The van der Waals surface area contributed by atoms with Crippen molar-refractivity contribution in [2.75, 3.05) is 13.2 Å². The molecule has 0 fully saturated rings. The Morgan fingerprint density at radius 1 is 1.17 bits per heavy atom. The highest BCUT2D eigenvalue weighted by molar-refractivity contribution is 9.10. The predicted molar refractivity (Wildman–Crippen MR) is 95.2 cm³/mol. The molecule has 3 N–H and O–H groups in total. The third-order valence-corrected chi connectivity index (χ3v) is 4.15. The van der Waals surface area contributed by atoms with Crippen LogP contribution in [0.15, 0.2) is 59.1 Å². The highest BCUT2D eigenvalue weighted by Gasteiger charge is 2.21. The highest BCUT2D eigenvalue weighted by atomic mass is 79.9. The molecule has 0 saturated heterocycles. The lowest BCUT2D eigenvalue weighted by Crippen LogP contribution is -2.37. The maximum absolute atomic E-state index is 12.2. The molecule has 2 aromatic rings. The van der Waals surface area contributed by atoms with Gasteiger partial charge >= 0.3 is 0 Å². The highest BCUT2D eigenvalue weighted by Crippen LogP contribution is 2.19. The molecule has 5 heteroatoms. The van der Waals surface area contributed by atoms with Crippen LogP contribution in [-0.2, 0) is 4.79 Å². The number of nitrogens with one attached hydrogen (secondary N) is 1. The number of halogens is 1. The topological polar surface area (TPSA) is 64.3 Å². The molecule has 0 aromatic heterocycles. The van der Waals surface area contributed by atoms with Gasteiger partial charge in [-0.05, 0) is 29.8 Å². The third-order valence-electron chi connectivity index (χ3n) is 3.62. The van der Waals surface area contributed by atoms with Crippen molar-refractivity contribution in [3.05, 3.63) is 64.6 Å². The molecule has 0 radical (unpaired) electrons. The lowest BCUT2D eigenvalue weighted by atomic mass is 9.95. The first-order valence-electron chi connectivity index (χ1n) is 7.54. The monoisotopic (exact) mass is 376 g/mol. The van der Waals surface area contributed by atoms with Crippen molar-refractivity contribution < 1.29 is 9.53 Å². The number of carbonyl (C=O) groups is 1. The molecule has 2 rings (SSSR count). The molecule has 0 heterocycles. The number of carbonyl (C=O) groups excluding carboxylic acids is 1. The summed E-state index contributed by atoms with van der Waals surface area (Å²) in [5.74, 6) is 0.405. The summed E-state index contributed by atoms with van der Waals surface area (Å²) in [5.41, 5.74) is 7.11. The summed E-state index contributed by atoms with van der Waals surface area (Å²) < 4.78 is 6.57. The number of benzene rings is 2. The van der Waals surface area contributed by atoms with Crippen LogP contribution < -0.4 is 15.8 Å². The fraction of sp³-hybridized carbons (Fsp3) is 0.278. The Bertz CT molecular complexity index is 617. The van der Waals surface area contributed by atoms with Gasteiger partial charge in [0.2, 0.25) is 5.91 Å². The molecule has 122 valence electrons. The van der Waals surface area contributed by atoms with Gasteiger partial charge in [-0.25, -0.2) is 0 Å². The van der Waals surface area contributed by atoms with E-state index in [-0.39, 0.29) is 17.9 Å². The second-order valence-corrected chi connectivity index (χ2v) is 6.23. The normalized spacial score (nSPS) is 13.2. The number of nitrogens with two attached hydrogens (primary N) is 1. The molecule has 23 heavy (non-hydrogen) atoms. The molecule has 1 amide bonds. The maximum atomic E-state index is 12.2. The average Bonchev–Trinajstić information content (AvgIpc) is 2.59. The summed E-state index contributed by atoms with van der Waals surface area (Å²) >= 11 is 3.37.